The Morgan fingerprint density at radius 3 is 2.61 bits per heavy atom. The number of aryl methyl sites for hydroxylation is 1. The molecule has 0 aromatic carbocycles. The molecule has 0 spiro atoms. The van der Waals surface area contributed by atoms with Crippen LogP contribution in [0.1, 0.15) is 13.8 Å². The first-order valence-corrected chi connectivity index (χ1v) is 5.77. The number of rotatable bonds is 3. The number of aromatic nitrogens is 3. The summed E-state index contributed by atoms with van der Waals surface area (Å²) in [6.07, 6.45) is 5.36. The van der Waals surface area contributed by atoms with Crippen molar-refractivity contribution < 1.29 is 5.11 Å². The highest BCUT2D eigenvalue weighted by atomic mass is 16.3. The summed E-state index contributed by atoms with van der Waals surface area (Å²) in [5.74, 6) is 0. The number of nitrogens with zero attached hydrogens (tertiary/aromatic N) is 3. The lowest BCUT2D eigenvalue weighted by molar-refractivity contribution is 0.0577. The summed E-state index contributed by atoms with van der Waals surface area (Å²) in [5.41, 5.74) is 1.02. The van der Waals surface area contributed by atoms with Crippen molar-refractivity contribution in [2.24, 2.45) is 7.05 Å². The Labute approximate surface area is 105 Å². The van der Waals surface area contributed by atoms with Crippen LogP contribution in [-0.4, -0.2) is 25.1 Å². The molecule has 0 fully saturated rings. The minimum atomic E-state index is -0.799. The Hall–Kier alpha value is -1.88. The van der Waals surface area contributed by atoms with Gasteiger partial charge in [0, 0.05) is 36.6 Å². The van der Waals surface area contributed by atoms with E-state index in [2.05, 4.69) is 5.10 Å². The Morgan fingerprint density at radius 2 is 2.00 bits per heavy atom. The fourth-order valence-electron chi connectivity index (χ4n) is 1.76. The predicted molar refractivity (Wildman–Crippen MR) is 69.2 cm³/mol. The highest BCUT2D eigenvalue weighted by molar-refractivity contribution is 5.60. The molecule has 0 aliphatic carbocycles. The van der Waals surface area contributed by atoms with E-state index in [0.29, 0.717) is 6.54 Å². The van der Waals surface area contributed by atoms with Crippen molar-refractivity contribution in [1.29, 1.82) is 0 Å². The first-order valence-electron chi connectivity index (χ1n) is 5.77. The van der Waals surface area contributed by atoms with Gasteiger partial charge in [-0.1, -0.05) is 0 Å². The molecule has 5 heteroatoms. The summed E-state index contributed by atoms with van der Waals surface area (Å²) < 4.78 is 3.23. The fourth-order valence-corrected chi connectivity index (χ4v) is 1.76. The van der Waals surface area contributed by atoms with E-state index in [1.807, 2.05) is 6.20 Å². The summed E-state index contributed by atoms with van der Waals surface area (Å²) in [5, 5.41) is 13.9. The third kappa shape index (κ3) is 2.87. The minimum Gasteiger partial charge on any atom is -0.389 e. The van der Waals surface area contributed by atoms with Gasteiger partial charge in [0.2, 0.25) is 5.56 Å². The molecule has 2 aromatic rings. The molecule has 0 aliphatic heterocycles. The third-order valence-corrected chi connectivity index (χ3v) is 2.60. The largest absolute Gasteiger partial charge is 0.389 e. The molecule has 0 aliphatic rings. The van der Waals surface area contributed by atoms with E-state index >= 15 is 0 Å². The maximum Gasteiger partial charge on any atom is 0.250 e. The lowest BCUT2D eigenvalue weighted by atomic mass is 10.1. The minimum absolute atomic E-state index is 0.0392. The third-order valence-electron chi connectivity index (χ3n) is 2.60. The average Bonchev–Trinajstić information content (AvgIpc) is 2.68. The van der Waals surface area contributed by atoms with Crippen LogP contribution >= 0.6 is 0 Å². The molecule has 18 heavy (non-hydrogen) atoms. The monoisotopic (exact) mass is 247 g/mol. The number of pyridine rings is 1. The van der Waals surface area contributed by atoms with Crippen LogP contribution in [-0.2, 0) is 13.6 Å². The first kappa shape index (κ1) is 12.6. The van der Waals surface area contributed by atoms with Gasteiger partial charge < -0.3 is 9.67 Å². The number of aliphatic hydroxyl groups is 1. The van der Waals surface area contributed by atoms with Crippen LogP contribution in [0, 0.1) is 0 Å². The van der Waals surface area contributed by atoms with Crippen LogP contribution < -0.4 is 5.56 Å². The van der Waals surface area contributed by atoms with Crippen molar-refractivity contribution >= 4 is 0 Å². The molecule has 5 nitrogen and oxygen atoms in total. The van der Waals surface area contributed by atoms with Crippen molar-refractivity contribution in [2.75, 3.05) is 0 Å². The van der Waals surface area contributed by atoms with Crippen molar-refractivity contribution in [3.63, 3.8) is 0 Å². The molecule has 96 valence electrons. The van der Waals surface area contributed by atoms with Crippen molar-refractivity contribution in [3.05, 3.63) is 41.1 Å². The molecule has 0 bridgehead atoms. The average molecular weight is 247 g/mol. The summed E-state index contributed by atoms with van der Waals surface area (Å²) in [7, 11) is 1.72. The molecule has 0 saturated heterocycles. The van der Waals surface area contributed by atoms with Crippen LogP contribution in [0.2, 0.25) is 0 Å². The van der Waals surface area contributed by atoms with Crippen LogP contribution in [0.25, 0.3) is 11.1 Å². The van der Waals surface area contributed by atoms with Crippen LogP contribution in [0.15, 0.2) is 35.5 Å². The normalized spacial score (nSPS) is 11.8. The zero-order valence-corrected chi connectivity index (χ0v) is 10.8. The zero-order chi connectivity index (χ0) is 13.3. The second kappa shape index (κ2) is 4.42. The van der Waals surface area contributed by atoms with Gasteiger partial charge in [-0.2, -0.15) is 5.10 Å². The molecule has 0 unspecified atom stereocenters. The topological polar surface area (TPSA) is 60.1 Å². The molecular weight excluding hydrogens is 230 g/mol. The van der Waals surface area contributed by atoms with Gasteiger partial charge in [0.1, 0.15) is 0 Å². The second-order valence-electron chi connectivity index (χ2n) is 5.11. The lowest BCUT2D eigenvalue weighted by Gasteiger charge is -2.16. The summed E-state index contributed by atoms with van der Waals surface area (Å²) in [6.45, 7) is 3.90. The molecule has 2 heterocycles. The lowest BCUT2D eigenvalue weighted by Crippen LogP contribution is -2.26. The predicted octanol–water partition coefficient (Wildman–Crippen LogP) is 1.02. The van der Waals surface area contributed by atoms with E-state index in [4.69, 9.17) is 0 Å². The van der Waals surface area contributed by atoms with Crippen LogP contribution in [0.5, 0.6) is 0 Å². The van der Waals surface area contributed by atoms with Gasteiger partial charge in [0.15, 0.2) is 0 Å². The Bertz CT molecular complexity index is 605. The number of hydrogen-bond donors (Lipinski definition) is 1. The summed E-state index contributed by atoms with van der Waals surface area (Å²) >= 11 is 0. The van der Waals surface area contributed by atoms with Crippen LogP contribution in [0.3, 0.4) is 0 Å². The molecule has 2 rings (SSSR count). The smallest absolute Gasteiger partial charge is 0.250 e. The van der Waals surface area contributed by atoms with E-state index in [0.717, 1.165) is 11.1 Å². The molecule has 1 N–H and O–H groups in total. The quantitative estimate of drug-likeness (QED) is 0.881. The standard InChI is InChI=1S/C13H17N3O2/c1-13(2,18)9-16-8-11(6-14-16)10-4-5-12(17)15(3)7-10/h4-8,18H,9H2,1-3H3. The van der Waals surface area contributed by atoms with E-state index in [9.17, 15) is 9.90 Å². The zero-order valence-electron chi connectivity index (χ0n) is 10.8. The highest BCUT2D eigenvalue weighted by Gasteiger charge is 2.14. The summed E-state index contributed by atoms with van der Waals surface area (Å²) in [4.78, 5) is 11.3. The Balaban J connectivity index is 2.29. The van der Waals surface area contributed by atoms with Gasteiger partial charge in [-0.15, -0.1) is 0 Å². The Kier molecular flexibility index (Phi) is 3.09. The van der Waals surface area contributed by atoms with Gasteiger partial charge in [-0.3, -0.25) is 9.48 Å². The van der Waals surface area contributed by atoms with E-state index < -0.39 is 5.60 Å². The molecular formula is C13H17N3O2. The maximum absolute atomic E-state index is 11.3. The summed E-state index contributed by atoms with van der Waals surface area (Å²) in [6, 6.07) is 3.30. The molecule has 0 radical (unpaired) electrons. The second-order valence-corrected chi connectivity index (χ2v) is 5.11. The van der Waals surface area contributed by atoms with Crippen LogP contribution in [0.4, 0.5) is 0 Å². The fraction of sp³-hybridized carbons (Fsp3) is 0.385. The van der Waals surface area contributed by atoms with Crippen molar-refractivity contribution in [1.82, 2.24) is 14.3 Å². The van der Waals surface area contributed by atoms with Gasteiger partial charge in [0.25, 0.3) is 0 Å². The first-order chi connectivity index (χ1) is 8.35. The van der Waals surface area contributed by atoms with E-state index in [-0.39, 0.29) is 5.56 Å². The van der Waals surface area contributed by atoms with Gasteiger partial charge in [-0.05, 0) is 19.9 Å². The van der Waals surface area contributed by atoms with E-state index in [1.54, 1.807) is 44.0 Å². The van der Waals surface area contributed by atoms with Gasteiger partial charge in [0.05, 0.1) is 18.3 Å². The Morgan fingerprint density at radius 1 is 1.28 bits per heavy atom. The molecule has 0 saturated carbocycles. The molecule has 2 aromatic heterocycles. The molecule has 0 atom stereocenters. The highest BCUT2D eigenvalue weighted by Crippen LogP contribution is 2.17. The van der Waals surface area contributed by atoms with Crippen molar-refractivity contribution in [2.45, 2.75) is 26.0 Å². The van der Waals surface area contributed by atoms with E-state index in [1.165, 1.54) is 10.6 Å². The van der Waals surface area contributed by atoms with Crippen molar-refractivity contribution in [3.8, 4) is 11.1 Å². The SMILES string of the molecule is Cn1cc(-c2cnn(CC(C)(C)O)c2)ccc1=O. The molecule has 0 amide bonds. The van der Waals surface area contributed by atoms with Gasteiger partial charge >= 0.3 is 0 Å². The van der Waals surface area contributed by atoms with Gasteiger partial charge in [-0.25, -0.2) is 0 Å². The number of hydrogen-bond acceptors (Lipinski definition) is 3. The maximum atomic E-state index is 11.3.